The van der Waals surface area contributed by atoms with E-state index in [4.69, 9.17) is 0 Å². The summed E-state index contributed by atoms with van der Waals surface area (Å²) in [5.74, 6) is 0.222. The molecule has 1 aliphatic rings. The molecule has 4 rings (SSSR count). The number of rotatable bonds is 7. The van der Waals surface area contributed by atoms with Crippen LogP contribution in [0, 0.1) is 0 Å². The van der Waals surface area contributed by atoms with Crippen molar-refractivity contribution >= 4 is 17.8 Å². The van der Waals surface area contributed by atoms with Gasteiger partial charge in [0.05, 0.1) is 5.56 Å². The van der Waals surface area contributed by atoms with Gasteiger partial charge in [-0.2, -0.15) is 0 Å². The van der Waals surface area contributed by atoms with Gasteiger partial charge in [0.15, 0.2) is 0 Å². The van der Waals surface area contributed by atoms with Crippen LogP contribution < -0.4 is 5.32 Å². The van der Waals surface area contributed by atoms with Crippen LogP contribution in [-0.4, -0.2) is 64.3 Å². The highest BCUT2D eigenvalue weighted by atomic mass is 16.2. The second-order valence-corrected chi connectivity index (χ2v) is 8.11. The number of nitrogens with zero attached hydrogens (tertiary/aromatic N) is 4. The molecule has 1 fully saturated rings. The van der Waals surface area contributed by atoms with Gasteiger partial charge in [-0.05, 0) is 23.1 Å². The van der Waals surface area contributed by atoms with E-state index in [2.05, 4.69) is 40.4 Å². The first-order valence-electron chi connectivity index (χ1n) is 11.3. The normalized spacial score (nSPS) is 16.1. The summed E-state index contributed by atoms with van der Waals surface area (Å²) in [7, 11) is 1.72. The van der Waals surface area contributed by atoms with Crippen molar-refractivity contribution in [3.63, 3.8) is 0 Å². The number of aromatic nitrogens is 2. The quantitative estimate of drug-likeness (QED) is 0.605. The molecule has 1 atom stereocenters. The lowest BCUT2D eigenvalue weighted by atomic mass is 9.93. The Bertz CT molecular complexity index is 1100. The molecule has 7 nitrogen and oxygen atoms in total. The van der Waals surface area contributed by atoms with Crippen LogP contribution in [0.2, 0.25) is 0 Å². The Labute approximate surface area is 194 Å². The number of benzene rings is 2. The summed E-state index contributed by atoms with van der Waals surface area (Å²) < 4.78 is 0. The third-order valence-electron chi connectivity index (χ3n) is 5.98. The van der Waals surface area contributed by atoms with Crippen molar-refractivity contribution in [2.75, 3.05) is 32.0 Å². The van der Waals surface area contributed by atoms with E-state index >= 15 is 0 Å². The summed E-state index contributed by atoms with van der Waals surface area (Å²) in [6.07, 6.45) is 4.36. The highest BCUT2D eigenvalue weighted by Gasteiger charge is 2.38. The Morgan fingerprint density at radius 3 is 2.42 bits per heavy atom. The number of hydrogen-bond acceptors (Lipinski definition) is 5. The summed E-state index contributed by atoms with van der Waals surface area (Å²) in [5, 5.41) is 2.85. The molecule has 1 saturated heterocycles. The molecule has 0 radical (unpaired) electrons. The number of carbonyl (C=O) groups is 2. The first-order chi connectivity index (χ1) is 16.1. The van der Waals surface area contributed by atoms with E-state index in [0.717, 1.165) is 23.1 Å². The zero-order chi connectivity index (χ0) is 23.2. The molecule has 2 aromatic carbocycles. The number of anilines is 1. The Morgan fingerprint density at radius 1 is 1.03 bits per heavy atom. The van der Waals surface area contributed by atoms with Gasteiger partial charge in [0.25, 0.3) is 5.91 Å². The third-order valence-corrected chi connectivity index (χ3v) is 5.98. The van der Waals surface area contributed by atoms with Crippen molar-refractivity contribution in [1.82, 2.24) is 19.8 Å². The van der Waals surface area contributed by atoms with Crippen molar-refractivity contribution in [1.29, 1.82) is 0 Å². The van der Waals surface area contributed by atoms with Crippen LogP contribution in [-0.2, 0) is 11.2 Å². The van der Waals surface area contributed by atoms with Crippen LogP contribution >= 0.6 is 0 Å². The van der Waals surface area contributed by atoms with Gasteiger partial charge in [-0.15, -0.1) is 0 Å². The van der Waals surface area contributed by atoms with Crippen LogP contribution in [0.15, 0.2) is 67.0 Å². The average molecular weight is 444 g/mol. The SMILES string of the molecule is CCCN1CCN(C(=O)c2cnc(NC)nc2)C(Cc2ccccc2-c2ccccc2)C1=O. The summed E-state index contributed by atoms with van der Waals surface area (Å²) in [4.78, 5) is 38.8. The van der Waals surface area contributed by atoms with Gasteiger partial charge in [0.1, 0.15) is 6.04 Å². The minimum atomic E-state index is -0.577. The molecule has 3 aromatic rings. The predicted octanol–water partition coefficient (Wildman–Crippen LogP) is 3.49. The monoisotopic (exact) mass is 443 g/mol. The molecule has 0 bridgehead atoms. The largest absolute Gasteiger partial charge is 0.357 e. The standard InChI is InChI=1S/C26H29N5O2/c1-3-13-30-14-15-31(24(32)21-17-28-26(27-2)29-18-21)23(25(30)33)16-20-11-7-8-12-22(20)19-9-5-4-6-10-19/h4-12,17-18,23H,3,13-16H2,1-2H3,(H,27,28,29). The molecule has 1 aliphatic heterocycles. The molecule has 2 amide bonds. The van der Waals surface area contributed by atoms with Gasteiger partial charge in [-0.1, -0.05) is 61.5 Å². The maximum atomic E-state index is 13.5. The third kappa shape index (κ3) is 4.87. The summed E-state index contributed by atoms with van der Waals surface area (Å²) in [6, 6.07) is 17.6. The lowest BCUT2D eigenvalue weighted by Crippen LogP contribution is -2.59. The smallest absolute Gasteiger partial charge is 0.257 e. The van der Waals surface area contributed by atoms with E-state index < -0.39 is 6.04 Å². The van der Waals surface area contributed by atoms with Crippen molar-refractivity contribution in [3.05, 3.63) is 78.1 Å². The van der Waals surface area contributed by atoms with Gasteiger partial charge < -0.3 is 15.1 Å². The Morgan fingerprint density at radius 2 is 1.73 bits per heavy atom. The molecule has 2 heterocycles. The first-order valence-corrected chi connectivity index (χ1v) is 11.3. The Hall–Kier alpha value is -3.74. The van der Waals surface area contributed by atoms with Crippen LogP contribution in [0.4, 0.5) is 5.95 Å². The van der Waals surface area contributed by atoms with E-state index in [1.165, 1.54) is 12.4 Å². The van der Waals surface area contributed by atoms with E-state index in [-0.39, 0.29) is 11.8 Å². The first kappa shape index (κ1) is 22.5. The Kier molecular flexibility index (Phi) is 6.98. The van der Waals surface area contributed by atoms with Gasteiger partial charge in [-0.3, -0.25) is 9.59 Å². The molecule has 0 aliphatic carbocycles. The summed E-state index contributed by atoms with van der Waals surface area (Å²) in [5.41, 5.74) is 3.59. The fourth-order valence-corrected chi connectivity index (χ4v) is 4.31. The van der Waals surface area contributed by atoms with Crippen LogP contribution in [0.25, 0.3) is 11.1 Å². The molecule has 0 spiro atoms. The topological polar surface area (TPSA) is 78.4 Å². The number of amides is 2. The zero-order valence-electron chi connectivity index (χ0n) is 19.1. The summed E-state index contributed by atoms with van der Waals surface area (Å²) >= 11 is 0. The highest BCUT2D eigenvalue weighted by Crippen LogP contribution is 2.27. The lowest BCUT2D eigenvalue weighted by molar-refractivity contribution is -0.140. The van der Waals surface area contributed by atoms with Crippen molar-refractivity contribution in [2.45, 2.75) is 25.8 Å². The van der Waals surface area contributed by atoms with Crippen molar-refractivity contribution in [3.8, 4) is 11.1 Å². The van der Waals surface area contributed by atoms with Gasteiger partial charge >= 0.3 is 0 Å². The van der Waals surface area contributed by atoms with E-state index in [0.29, 0.717) is 37.6 Å². The predicted molar refractivity (Wildman–Crippen MR) is 129 cm³/mol. The maximum absolute atomic E-state index is 13.5. The summed E-state index contributed by atoms with van der Waals surface area (Å²) in [6.45, 7) is 3.77. The van der Waals surface area contributed by atoms with Crippen LogP contribution in [0.5, 0.6) is 0 Å². The molecule has 1 unspecified atom stereocenters. The van der Waals surface area contributed by atoms with Gasteiger partial charge in [0.2, 0.25) is 11.9 Å². The molecule has 1 aromatic heterocycles. The van der Waals surface area contributed by atoms with Crippen molar-refractivity contribution < 1.29 is 9.59 Å². The second-order valence-electron chi connectivity index (χ2n) is 8.11. The minimum Gasteiger partial charge on any atom is -0.357 e. The molecular weight excluding hydrogens is 414 g/mol. The number of piperazine rings is 1. The number of carbonyl (C=O) groups excluding carboxylic acids is 2. The van der Waals surface area contributed by atoms with E-state index in [1.54, 1.807) is 11.9 Å². The van der Waals surface area contributed by atoms with Gasteiger partial charge in [0, 0.05) is 45.5 Å². The maximum Gasteiger partial charge on any atom is 0.257 e. The fraction of sp³-hybridized carbons (Fsp3) is 0.308. The second kappa shape index (κ2) is 10.3. The van der Waals surface area contributed by atoms with Gasteiger partial charge in [-0.25, -0.2) is 9.97 Å². The molecule has 7 heteroatoms. The molecular formula is C26H29N5O2. The Balaban J connectivity index is 1.67. The number of hydrogen-bond donors (Lipinski definition) is 1. The molecule has 170 valence electrons. The van der Waals surface area contributed by atoms with E-state index in [1.807, 2.05) is 41.3 Å². The lowest BCUT2D eigenvalue weighted by Gasteiger charge is -2.41. The highest BCUT2D eigenvalue weighted by molar-refractivity contribution is 5.98. The zero-order valence-corrected chi connectivity index (χ0v) is 19.1. The van der Waals surface area contributed by atoms with E-state index in [9.17, 15) is 9.59 Å². The average Bonchev–Trinajstić information content (AvgIpc) is 2.87. The molecule has 1 N–H and O–H groups in total. The minimum absolute atomic E-state index is 0.00734. The van der Waals surface area contributed by atoms with Crippen LogP contribution in [0.1, 0.15) is 29.3 Å². The fourth-order valence-electron chi connectivity index (χ4n) is 4.31. The molecule has 0 saturated carbocycles. The van der Waals surface area contributed by atoms with Crippen LogP contribution in [0.3, 0.4) is 0 Å². The number of nitrogens with one attached hydrogen (secondary N) is 1. The van der Waals surface area contributed by atoms with Crippen molar-refractivity contribution in [2.24, 2.45) is 0 Å². The molecule has 33 heavy (non-hydrogen) atoms.